The lowest BCUT2D eigenvalue weighted by Gasteiger charge is -2.35. The van der Waals surface area contributed by atoms with Gasteiger partial charge in [-0.3, -0.25) is 14.5 Å². The molecule has 2 aliphatic heterocycles. The van der Waals surface area contributed by atoms with Crippen molar-refractivity contribution in [1.82, 2.24) is 30.1 Å². The lowest BCUT2D eigenvalue weighted by molar-refractivity contribution is -0.141. The number of ether oxygens (including phenoxy) is 2. The van der Waals surface area contributed by atoms with Gasteiger partial charge >= 0.3 is 0 Å². The maximum absolute atomic E-state index is 13.8. The molecule has 0 aliphatic carbocycles. The van der Waals surface area contributed by atoms with Gasteiger partial charge in [0.25, 0.3) is 5.91 Å². The number of aliphatic hydroxyl groups excluding tert-OH is 1. The summed E-state index contributed by atoms with van der Waals surface area (Å²) in [6.45, 7) is 4.03. The van der Waals surface area contributed by atoms with Crippen molar-refractivity contribution in [1.29, 1.82) is 0 Å². The fourth-order valence-electron chi connectivity index (χ4n) is 5.12. The molecule has 2 aromatic carbocycles. The van der Waals surface area contributed by atoms with Gasteiger partial charge in [-0.25, -0.2) is 4.68 Å². The lowest BCUT2D eigenvalue weighted by Crippen LogP contribution is -2.51. The Kier molecular flexibility index (Phi) is 9.04. The van der Waals surface area contributed by atoms with Crippen molar-refractivity contribution >= 4 is 11.8 Å². The van der Waals surface area contributed by atoms with Crippen LogP contribution in [0.15, 0.2) is 60.8 Å². The summed E-state index contributed by atoms with van der Waals surface area (Å²) in [6, 6.07) is 15.2. The first-order valence-electron chi connectivity index (χ1n) is 13.7. The van der Waals surface area contributed by atoms with Crippen molar-refractivity contribution in [2.75, 3.05) is 39.9 Å². The maximum Gasteiger partial charge on any atom is 0.252 e. The van der Waals surface area contributed by atoms with Gasteiger partial charge in [-0.1, -0.05) is 35.5 Å². The van der Waals surface area contributed by atoms with Crippen LogP contribution in [0.5, 0.6) is 5.75 Å². The smallest absolute Gasteiger partial charge is 0.252 e. The molecule has 3 heterocycles. The van der Waals surface area contributed by atoms with Crippen LogP contribution in [0.2, 0.25) is 0 Å². The SMILES string of the molecule is COc1ccc(C(=O)NC(C(=O)N2CCOC(Cn3cc(CN4CCC(O)CC4)nn3)C2)c2ccccc2)cc1. The number of morpholine rings is 1. The number of aliphatic hydroxyl groups is 1. The first-order valence-corrected chi connectivity index (χ1v) is 13.7. The monoisotopic (exact) mass is 548 g/mol. The third-order valence-electron chi connectivity index (χ3n) is 7.38. The molecule has 2 N–H and O–H groups in total. The standard InChI is InChI=1S/C29H36N6O5/c1-39-25-9-7-22(8-10-25)28(37)30-27(21-5-3-2-4-6-21)29(38)34-15-16-40-26(19-34)20-35-18-23(31-32-35)17-33-13-11-24(36)12-14-33/h2-10,18,24,26-27,36H,11-17,19-20H2,1H3,(H,30,37). The average Bonchev–Trinajstić information content (AvgIpc) is 3.43. The number of piperidine rings is 1. The van der Waals surface area contributed by atoms with E-state index in [0.717, 1.165) is 31.6 Å². The van der Waals surface area contributed by atoms with Crippen LogP contribution in [0.3, 0.4) is 0 Å². The Morgan fingerprint density at radius 3 is 2.58 bits per heavy atom. The number of amides is 2. The number of aromatic nitrogens is 3. The molecule has 0 saturated carbocycles. The van der Waals surface area contributed by atoms with Crippen LogP contribution in [0.25, 0.3) is 0 Å². The number of hydrogen-bond acceptors (Lipinski definition) is 8. The molecule has 40 heavy (non-hydrogen) atoms. The van der Waals surface area contributed by atoms with Crippen LogP contribution >= 0.6 is 0 Å². The number of carbonyl (C=O) groups excluding carboxylic acids is 2. The minimum absolute atomic E-state index is 0.187. The van der Waals surface area contributed by atoms with E-state index in [4.69, 9.17) is 9.47 Å². The summed E-state index contributed by atoms with van der Waals surface area (Å²) in [5, 5.41) is 21.2. The Balaban J connectivity index is 1.22. The molecular weight excluding hydrogens is 512 g/mol. The van der Waals surface area contributed by atoms with E-state index in [1.807, 2.05) is 36.5 Å². The minimum Gasteiger partial charge on any atom is -0.497 e. The second kappa shape index (κ2) is 13.0. The summed E-state index contributed by atoms with van der Waals surface area (Å²) in [6.07, 6.45) is 3.00. The van der Waals surface area contributed by atoms with Crippen LogP contribution < -0.4 is 10.1 Å². The van der Waals surface area contributed by atoms with Gasteiger partial charge in [-0.2, -0.15) is 0 Å². The van der Waals surface area contributed by atoms with E-state index in [1.165, 1.54) is 0 Å². The third kappa shape index (κ3) is 7.04. The molecule has 1 aromatic heterocycles. The second-order valence-electron chi connectivity index (χ2n) is 10.3. The molecule has 0 bridgehead atoms. The molecule has 11 nitrogen and oxygen atoms in total. The summed E-state index contributed by atoms with van der Waals surface area (Å²) in [7, 11) is 1.57. The van der Waals surface area contributed by atoms with Crippen molar-refractivity contribution in [3.8, 4) is 5.75 Å². The molecule has 0 spiro atoms. The summed E-state index contributed by atoms with van der Waals surface area (Å²) in [5.41, 5.74) is 2.02. The normalized spacial score (nSPS) is 19.2. The Morgan fingerprint density at radius 2 is 1.85 bits per heavy atom. The minimum atomic E-state index is -0.837. The van der Waals surface area contributed by atoms with Crippen molar-refractivity contribution in [3.63, 3.8) is 0 Å². The Morgan fingerprint density at radius 1 is 1.10 bits per heavy atom. The number of likely N-dealkylation sites (tertiary alicyclic amines) is 1. The highest BCUT2D eigenvalue weighted by Gasteiger charge is 2.32. The van der Waals surface area contributed by atoms with Crippen LogP contribution in [0.4, 0.5) is 0 Å². The molecule has 3 aromatic rings. The van der Waals surface area contributed by atoms with Crippen molar-refractivity contribution in [2.24, 2.45) is 0 Å². The van der Waals surface area contributed by atoms with Gasteiger partial charge in [0.1, 0.15) is 11.8 Å². The first kappa shape index (κ1) is 27.8. The topological polar surface area (TPSA) is 122 Å². The fourth-order valence-corrected chi connectivity index (χ4v) is 5.12. The molecule has 5 rings (SSSR count). The summed E-state index contributed by atoms with van der Waals surface area (Å²) < 4.78 is 12.9. The number of hydrogen-bond donors (Lipinski definition) is 2. The predicted molar refractivity (Wildman–Crippen MR) is 147 cm³/mol. The molecule has 212 valence electrons. The fraction of sp³-hybridized carbons (Fsp3) is 0.448. The van der Waals surface area contributed by atoms with Crippen molar-refractivity contribution in [2.45, 2.75) is 44.2 Å². The van der Waals surface area contributed by atoms with Gasteiger partial charge in [0, 0.05) is 44.5 Å². The second-order valence-corrected chi connectivity index (χ2v) is 10.3. The average molecular weight is 549 g/mol. The molecule has 2 unspecified atom stereocenters. The highest BCUT2D eigenvalue weighted by atomic mass is 16.5. The van der Waals surface area contributed by atoms with Crippen molar-refractivity contribution in [3.05, 3.63) is 77.6 Å². The van der Waals surface area contributed by atoms with Crippen molar-refractivity contribution < 1.29 is 24.2 Å². The van der Waals surface area contributed by atoms with Gasteiger partial charge in [0.05, 0.1) is 38.2 Å². The first-order chi connectivity index (χ1) is 19.5. The van der Waals surface area contributed by atoms with Gasteiger partial charge in [0.2, 0.25) is 5.91 Å². The zero-order valence-electron chi connectivity index (χ0n) is 22.7. The maximum atomic E-state index is 13.8. The number of rotatable bonds is 9. The molecule has 2 saturated heterocycles. The Hall–Kier alpha value is -3.80. The van der Waals surface area contributed by atoms with E-state index >= 15 is 0 Å². The molecular formula is C29H36N6O5. The van der Waals surface area contributed by atoms with E-state index in [1.54, 1.807) is 41.0 Å². The zero-order chi connectivity index (χ0) is 27.9. The lowest BCUT2D eigenvalue weighted by atomic mass is 10.0. The zero-order valence-corrected chi connectivity index (χ0v) is 22.7. The number of nitrogens with zero attached hydrogens (tertiary/aromatic N) is 5. The molecule has 2 fully saturated rings. The van der Waals surface area contributed by atoms with Gasteiger partial charge in [0.15, 0.2) is 0 Å². The third-order valence-corrected chi connectivity index (χ3v) is 7.38. The van der Waals surface area contributed by atoms with Crippen LogP contribution in [-0.2, 0) is 22.6 Å². The molecule has 0 radical (unpaired) electrons. The Labute approximate surface area is 233 Å². The van der Waals surface area contributed by atoms with E-state index in [9.17, 15) is 14.7 Å². The van der Waals surface area contributed by atoms with E-state index in [0.29, 0.717) is 49.7 Å². The highest BCUT2D eigenvalue weighted by Crippen LogP contribution is 2.20. The molecule has 2 aliphatic rings. The molecule has 11 heteroatoms. The quantitative estimate of drug-likeness (QED) is 0.414. The van der Waals surface area contributed by atoms with Crippen LogP contribution in [0, 0.1) is 0 Å². The number of benzene rings is 2. The molecule has 2 amide bonds. The summed E-state index contributed by atoms with van der Waals surface area (Å²) >= 11 is 0. The number of methoxy groups -OCH3 is 1. The predicted octanol–water partition coefficient (Wildman–Crippen LogP) is 1.64. The van der Waals surface area contributed by atoms with Gasteiger partial charge < -0.3 is 24.8 Å². The van der Waals surface area contributed by atoms with Gasteiger partial charge in [-0.15, -0.1) is 5.10 Å². The number of carbonyl (C=O) groups is 2. The van der Waals surface area contributed by atoms with E-state index in [2.05, 4.69) is 20.5 Å². The van der Waals surface area contributed by atoms with Gasteiger partial charge in [-0.05, 0) is 42.7 Å². The number of nitrogens with one attached hydrogen (secondary N) is 1. The van der Waals surface area contributed by atoms with Crippen LogP contribution in [0.1, 0.15) is 40.5 Å². The molecule has 2 atom stereocenters. The Bertz CT molecular complexity index is 1260. The van der Waals surface area contributed by atoms with E-state index in [-0.39, 0.29) is 24.0 Å². The van der Waals surface area contributed by atoms with E-state index < -0.39 is 6.04 Å². The summed E-state index contributed by atoms with van der Waals surface area (Å²) in [4.78, 5) is 30.9. The van der Waals surface area contributed by atoms with Crippen LogP contribution in [-0.4, -0.2) is 93.8 Å². The highest BCUT2D eigenvalue weighted by molar-refractivity contribution is 5.98. The largest absolute Gasteiger partial charge is 0.497 e. The summed E-state index contributed by atoms with van der Waals surface area (Å²) in [5.74, 6) is 0.124.